The summed E-state index contributed by atoms with van der Waals surface area (Å²) >= 11 is 1.09. The van der Waals surface area contributed by atoms with Gasteiger partial charge in [-0.15, -0.1) is 0 Å². The van der Waals surface area contributed by atoms with Crippen molar-refractivity contribution in [2.45, 2.75) is 17.1 Å². The van der Waals surface area contributed by atoms with Crippen LogP contribution in [0.1, 0.15) is 5.69 Å². The van der Waals surface area contributed by atoms with Gasteiger partial charge < -0.3 is 0 Å². The number of aryl methyl sites for hydroxylation is 1. The van der Waals surface area contributed by atoms with Crippen molar-refractivity contribution in [3.63, 3.8) is 0 Å². The molecule has 3 radical (unpaired) electrons. The zero-order chi connectivity index (χ0) is 13.1. The van der Waals surface area contributed by atoms with Crippen LogP contribution in [0.2, 0.25) is 0 Å². The third kappa shape index (κ3) is 2.85. The number of esters is 1. The summed E-state index contributed by atoms with van der Waals surface area (Å²) in [4.78, 5) is 13.7. The fourth-order valence-electron chi connectivity index (χ4n) is 2.07. The van der Waals surface area contributed by atoms with Gasteiger partial charge in [0.1, 0.15) is 0 Å². The number of hydrogen-bond donors (Lipinski definition) is 1. The van der Waals surface area contributed by atoms with Gasteiger partial charge in [0, 0.05) is 0 Å². The molecule has 0 bridgehead atoms. The molecule has 6 nitrogen and oxygen atoms in total. The Morgan fingerprint density at radius 3 is 3.11 bits per heavy atom. The molecule has 0 aliphatic carbocycles. The van der Waals surface area contributed by atoms with Crippen molar-refractivity contribution in [2.24, 2.45) is 0 Å². The van der Waals surface area contributed by atoms with E-state index in [2.05, 4.69) is 28.3 Å². The molecule has 1 saturated heterocycles. The van der Waals surface area contributed by atoms with Crippen LogP contribution >= 0.6 is 0 Å². The number of methoxy groups -OCH3 is 1. The van der Waals surface area contributed by atoms with Crippen molar-refractivity contribution in [3.05, 3.63) is 11.8 Å². The number of ether oxygens (including phenoxy) is 1. The third-order valence-electron chi connectivity index (χ3n) is 3.10. The van der Waals surface area contributed by atoms with E-state index in [4.69, 9.17) is 4.74 Å². The summed E-state index contributed by atoms with van der Waals surface area (Å²) in [5, 5.41) is 7.73. The number of carbonyl (C=O) groups is 1. The number of aromatic nitrogens is 2. The topological polar surface area (TPSA) is 59.4 Å². The third-order valence-corrected chi connectivity index (χ3v) is 4.27. The second kappa shape index (κ2) is 6.00. The second-order valence-electron chi connectivity index (χ2n) is 4.28. The zero-order valence-corrected chi connectivity index (χ0v) is 14.5. The molecule has 1 atom stereocenters. The Balaban J connectivity index is 2.10. The van der Waals surface area contributed by atoms with Gasteiger partial charge in [-0.3, -0.25) is 0 Å². The first-order chi connectivity index (χ1) is 8.65. The Morgan fingerprint density at radius 1 is 1.72 bits per heavy atom. The van der Waals surface area contributed by atoms with E-state index in [0.717, 1.165) is 48.8 Å². The molecule has 1 aliphatic rings. The first-order valence-electron chi connectivity index (χ1n) is 5.91. The number of nitrogens with zero attached hydrogens (tertiary/aromatic N) is 3. The number of hydrogen-bond acceptors (Lipinski definition) is 5. The van der Waals surface area contributed by atoms with Crippen LogP contribution < -0.4 is 10.2 Å². The molecular weight excluding hydrogens is 427 g/mol. The summed E-state index contributed by atoms with van der Waals surface area (Å²) in [5.41, 5.74) is 1.17. The maximum absolute atomic E-state index is 11.5. The molecule has 2 heterocycles. The standard InChI is InChI=1S/C11H17N4O2.Pb/c1-8-6-10(13-14(8)2)15-5-4-12-9(7-15)11(16)17-3;/h6,9,12H,2,4-5,7H2,1,3H3;. The van der Waals surface area contributed by atoms with Crippen LogP contribution in [-0.2, 0) is 13.6 Å². The quantitative estimate of drug-likeness (QED) is 0.492. The Kier molecular flexibility index (Phi) is 4.60. The molecule has 0 aromatic carbocycles. The van der Waals surface area contributed by atoms with Crippen molar-refractivity contribution < 1.29 is 9.53 Å². The molecule has 97 valence electrons. The molecule has 1 N–H and O–H groups in total. The summed E-state index contributed by atoms with van der Waals surface area (Å²) in [6.45, 7) is 4.32. The summed E-state index contributed by atoms with van der Waals surface area (Å²) in [7, 11) is 1.42. The predicted molar refractivity (Wildman–Crippen MR) is 68.7 cm³/mol. The molecule has 0 spiro atoms. The van der Waals surface area contributed by atoms with Crippen LogP contribution in [0, 0.1) is 6.92 Å². The van der Waals surface area contributed by atoms with Crippen LogP contribution in [0.25, 0.3) is 0 Å². The van der Waals surface area contributed by atoms with Crippen molar-refractivity contribution in [1.82, 2.24) is 15.1 Å². The molecule has 1 aliphatic heterocycles. The minimum absolute atomic E-state index is 0.209. The summed E-state index contributed by atoms with van der Waals surface area (Å²) < 4.78 is 7.80. The van der Waals surface area contributed by atoms with Gasteiger partial charge in [0.05, 0.1) is 0 Å². The van der Waals surface area contributed by atoms with Gasteiger partial charge in [0.25, 0.3) is 0 Å². The summed E-state index contributed by atoms with van der Waals surface area (Å²) in [5.74, 6) is 0.748. The van der Waals surface area contributed by atoms with Crippen LogP contribution in [0.3, 0.4) is 0 Å². The van der Waals surface area contributed by atoms with E-state index >= 15 is 0 Å². The first kappa shape index (κ1) is 13.8. The van der Waals surface area contributed by atoms with Crippen molar-refractivity contribution in [2.75, 3.05) is 31.6 Å². The zero-order valence-electron chi connectivity index (χ0n) is 10.6. The molecule has 1 aromatic heterocycles. The summed E-state index contributed by atoms with van der Waals surface area (Å²) in [6, 6.07) is 1.82. The molecule has 0 saturated carbocycles. The van der Waals surface area contributed by atoms with Crippen molar-refractivity contribution >= 4 is 37.6 Å². The molecule has 1 aromatic rings. The number of carbonyl (C=O) groups excluding carboxylic acids is 1. The van der Waals surface area contributed by atoms with Crippen LogP contribution in [0.5, 0.6) is 0 Å². The van der Waals surface area contributed by atoms with Crippen LogP contribution in [0.4, 0.5) is 5.82 Å². The number of anilines is 1. The van der Waals surface area contributed by atoms with Gasteiger partial charge in [0.15, 0.2) is 0 Å². The van der Waals surface area contributed by atoms with Crippen LogP contribution in [-0.4, -0.2) is 74.3 Å². The maximum atomic E-state index is 11.5. The Morgan fingerprint density at radius 2 is 2.50 bits per heavy atom. The molecule has 0 amide bonds. The van der Waals surface area contributed by atoms with E-state index in [-0.39, 0.29) is 12.0 Å². The normalized spacial score (nSPS) is 19.9. The van der Waals surface area contributed by atoms with Gasteiger partial charge in [-0.2, -0.15) is 0 Å². The fourth-order valence-corrected chi connectivity index (χ4v) is 3.31. The first-order valence-corrected chi connectivity index (χ1v) is 8.65. The molecular formula is C11H17N4O2Pb. The predicted octanol–water partition coefficient (Wildman–Crippen LogP) is -0.731. The van der Waals surface area contributed by atoms with E-state index in [1.807, 2.05) is 4.68 Å². The van der Waals surface area contributed by atoms with E-state index in [1.165, 1.54) is 12.8 Å². The van der Waals surface area contributed by atoms with E-state index in [9.17, 15) is 4.79 Å². The van der Waals surface area contributed by atoms with Crippen LogP contribution in [0.15, 0.2) is 6.07 Å². The van der Waals surface area contributed by atoms with E-state index in [0.29, 0.717) is 6.54 Å². The van der Waals surface area contributed by atoms with Gasteiger partial charge >= 0.3 is 123 Å². The molecule has 2 rings (SSSR count). The Bertz CT molecular complexity index is 435. The SMILES string of the molecule is COC(=O)C1CN(c2cc(C)n([CH2][Pb])n2)CCN1. The van der Waals surface area contributed by atoms with Crippen molar-refractivity contribution in [3.8, 4) is 0 Å². The number of rotatable bonds is 3. The van der Waals surface area contributed by atoms with E-state index < -0.39 is 0 Å². The average Bonchev–Trinajstić information content (AvgIpc) is 2.79. The van der Waals surface area contributed by atoms with Gasteiger partial charge in [-0.25, -0.2) is 0 Å². The van der Waals surface area contributed by atoms with Gasteiger partial charge in [-0.05, 0) is 0 Å². The van der Waals surface area contributed by atoms with Crippen molar-refractivity contribution in [1.29, 1.82) is 0 Å². The molecule has 18 heavy (non-hydrogen) atoms. The molecule has 1 fully saturated rings. The number of piperazine rings is 1. The van der Waals surface area contributed by atoms with E-state index in [1.54, 1.807) is 0 Å². The monoisotopic (exact) mass is 445 g/mol. The minimum atomic E-state index is -0.259. The average molecular weight is 444 g/mol. The van der Waals surface area contributed by atoms with Gasteiger partial charge in [-0.1, -0.05) is 0 Å². The summed E-state index contributed by atoms with van der Waals surface area (Å²) in [6.07, 6.45) is 0. The molecule has 1 unspecified atom stereocenters. The fraction of sp³-hybridized carbons (Fsp3) is 0.636. The second-order valence-corrected chi connectivity index (χ2v) is 5.51. The Labute approximate surface area is 122 Å². The molecule has 7 heteroatoms. The Hall–Kier alpha value is -0.638. The number of nitrogens with one attached hydrogen (secondary N) is 1. The van der Waals surface area contributed by atoms with Gasteiger partial charge in [0.2, 0.25) is 0 Å².